The minimum absolute atomic E-state index is 0.302. The van der Waals surface area contributed by atoms with Gasteiger partial charge in [-0.2, -0.15) is 0 Å². The molecule has 9 nitrogen and oxygen atoms in total. The maximum atomic E-state index is 12.5. The van der Waals surface area contributed by atoms with Crippen LogP contribution in [0.4, 0.5) is 16.2 Å². The lowest BCUT2D eigenvalue weighted by Gasteiger charge is -2.13. The van der Waals surface area contributed by atoms with E-state index in [-0.39, 0.29) is 0 Å². The zero-order valence-electron chi connectivity index (χ0n) is 17.4. The number of hydrogen-bond acceptors (Lipinski definition) is 5. The van der Waals surface area contributed by atoms with Gasteiger partial charge in [-0.3, -0.25) is 9.78 Å². The summed E-state index contributed by atoms with van der Waals surface area (Å²) in [7, 11) is 3.06. The van der Waals surface area contributed by atoms with Crippen molar-refractivity contribution in [1.29, 1.82) is 0 Å². The van der Waals surface area contributed by atoms with Crippen LogP contribution in [0, 0.1) is 0 Å². The highest BCUT2D eigenvalue weighted by Crippen LogP contribution is 2.33. The van der Waals surface area contributed by atoms with Crippen LogP contribution in [-0.4, -0.2) is 36.1 Å². The van der Waals surface area contributed by atoms with Crippen LogP contribution in [0.3, 0.4) is 0 Å². The molecular formula is C23H21N5O4. The van der Waals surface area contributed by atoms with Crippen molar-refractivity contribution in [3.63, 3.8) is 0 Å². The van der Waals surface area contributed by atoms with Gasteiger partial charge in [-0.15, -0.1) is 0 Å². The second-order valence-electron chi connectivity index (χ2n) is 6.88. The minimum atomic E-state index is -0.565. The average Bonchev–Trinajstić information content (AvgIpc) is 3.19. The standard InChI is InChI=1S/C23H21N5O4/c1-31-15-7-8-19(32-2)17(11-15)28-23(30)26-14-5-3-13(4-6-14)20-16-9-10-25-12-18(16)27-21(20)22(24)29/h3-12,27H,1-2H3,(H2,24,29)(H2,26,28,30). The molecule has 0 aliphatic carbocycles. The zero-order chi connectivity index (χ0) is 22.7. The number of carbonyl (C=O) groups excluding carboxylic acids is 2. The van der Waals surface area contributed by atoms with E-state index in [0.717, 1.165) is 10.9 Å². The van der Waals surface area contributed by atoms with Crippen molar-refractivity contribution >= 4 is 34.2 Å². The van der Waals surface area contributed by atoms with Crippen molar-refractivity contribution in [2.75, 3.05) is 24.9 Å². The molecule has 2 aromatic heterocycles. The van der Waals surface area contributed by atoms with Gasteiger partial charge in [-0.25, -0.2) is 4.79 Å². The summed E-state index contributed by atoms with van der Waals surface area (Å²) in [5.41, 5.74) is 9.07. The number of pyridine rings is 1. The normalized spacial score (nSPS) is 10.6. The number of nitrogens with zero attached hydrogens (tertiary/aromatic N) is 1. The summed E-state index contributed by atoms with van der Waals surface area (Å²) in [6, 6.07) is 13.6. The van der Waals surface area contributed by atoms with Gasteiger partial charge in [0.15, 0.2) is 0 Å². The zero-order valence-corrected chi connectivity index (χ0v) is 17.4. The monoisotopic (exact) mass is 431 g/mol. The molecule has 0 bridgehead atoms. The highest BCUT2D eigenvalue weighted by atomic mass is 16.5. The Balaban J connectivity index is 1.56. The fourth-order valence-corrected chi connectivity index (χ4v) is 3.45. The molecule has 4 aromatic rings. The summed E-state index contributed by atoms with van der Waals surface area (Å²) in [6.45, 7) is 0. The summed E-state index contributed by atoms with van der Waals surface area (Å²) >= 11 is 0. The number of anilines is 2. The quantitative estimate of drug-likeness (QED) is 0.367. The van der Waals surface area contributed by atoms with E-state index in [1.54, 1.807) is 62.0 Å². The van der Waals surface area contributed by atoms with E-state index < -0.39 is 11.9 Å². The number of benzene rings is 2. The van der Waals surface area contributed by atoms with Crippen molar-refractivity contribution in [2.24, 2.45) is 5.73 Å². The van der Waals surface area contributed by atoms with Gasteiger partial charge in [0.2, 0.25) is 0 Å². The third-order valence-electron chi connectivity index (χ3n) is 4.93. The molecule has 0 aliphatic rings. The van der Waals surface area contributed by atoms with Crippen molar-refractivity contribution in [3.8, 4) is 22.6 Å². The van der Waals surface area contributed by atoms with Crippen molar-refractivity contribution < 1.29 is 19.1 Å². The van der Waals surface area contributed by atoms with E-state index in [1.807, 2.05) is 6.07 Å². The lowest BCUT2D eigenvalue weighted by atomic mass is 10.0. The van der Waals surface area contributed by atoms with E-state index in [1.165, 1.54) is 7.11 Å². The molecule has 0 atom stereocenters. The second kappa shape index (κ2) is 8.68. The average molecular weight is 431 g/mol. The van der Waals surface area contributed by atoms with Crippen LogP contribution < -0.4 is 25.8 Å². The third-order valence-corrected chi connectivity index (χ3v) is 4.93. The van der Waals surface area contributed by atoms with E-state index >= 15 is 0 Å². The fraction of sp³-hybridized carbons (Fsp3) is 0.0870. The van der Waals surface area contributed by atoms with Gasteiger partial charge in [-0.1, -0.05) is 12.1 Å². The van der Waals surface area contributed by atoms with Crippen LogP contribution in [0.5, 0.6) is 11.5 Å². The Kier molecular flexibility index (Phi) is 5.63. The van der Waals surface area contributed by atoms with Crippen LogP contribution in [0.15, 0.2) is 60.9 Å². The topological polar surface area (TPSA) is 131 Å². The predicted molar refractivity (Wildman–Crippen MR) is 122 cm³/mol. The number of aromatic nitrogens is 2. The first-order valence-corrected chi connectivity index (χ1v) is 9.66. The van der Waals surface area contributed by atoms with Gasteiger partial charge in [0.05, 0.1) is 31.6 Å². The summed E-state index contributed by atoms with van der Waals surface area (Å²) in [5.74, 6) is 0.527. The maximum absolute atomic E-state index is 12.5. The number of aromatic amines is 1. The van der Waals surface area contributed by atoms with Gasteiger partial charge in [0, 0.05) is 28.9 Å². The van der Waals surface area contributed by atoms with Crippen LogP contribution >= 0.6 is 0 Å². The number of ether oxygens (including phenoxy) is 2. The molecule has 3 amide bonds. The number of nitrogens with two attached hydrogens (primary N) is 1. The van der Waals surface area contributed by atoms with Gasteiger partial charge < -0.3 is 30.8 Å². The number of rotatable bonds is 6. The number of primary amides is 1. The number of H-pyrrole nitrogens is 1. The smallest absolute Gasteiger partial charge is 0.323 e. The Morgan fingerprint density at radius 1 is 1.00 bits per heavy atom. The number of fused-ring (bicyclic) bond motifs is 1. The Morgan fingerprint density at radius 2 is 1.78 bits per heavy atom. The van der Waals surface area contributed by atoms with Crippen LogP contribution in [-0.2, 0) is 0 Å². The molecule has 0 aliphatic heterocycles. The molecule has 0 radical (unpaired) electrons. The molecule has 5 N–H and O–H groups in total. The number of methoxy groups -OCH3 is 2. The molecule has 0 spiro atoms. The Morgan fingerprint density at radius 3 is 2.47 bits per heavy atom. The number of amides is 3. The summed E-state index contributed by atoms with van der Waals surface area (Å²) in [4.78, 5) is 31.5. The molecule has 4 rings (SSSR count). The Labute approximate surface area is 183 Å². The van der Waals surface area contributed by atoms with Crippen LogP contribution in [0.2, 0.25) is 0 Å². The van der Waals surface area contributed by atoms with Crippen LogP contribution in [0.1, 0.15) is 10.5 Å². The van der Waals surface area contributed by atoms with Gasteiger partial charge in [0.1, 0.15) is 17.2 Å². The van der Waals surface area contributed by atoms with Crippen molar-refractivity contribution in [3.05, 3.63) is 66.6 Å². The molecule has 2 heterocycles. The Hall–Kier alpha value is -4.53. The molecule has 32 heavy (non-hydrogen) atoms. The molecule has 0 saturated heterocycles. The first-order chi connectivity index (χ1) is 15.5. The first kappa shape index (κ1) is 20.7. The number of carbonyl (C=O) groups is 2. The second-order valence-corrected chi connectivity index (χ2v) is 6.88. The maximum Gasteiger partial charge on any atom is 0.323 e. The third kappa shape index (κ3) is 4.04. The summed E-state index contributed by atoms with van der Waals surface area (Å²) < 4.78 is 10.5. The minimum Gasteiger partial charge on any atom is -0.497 e. The first-order valence-electron chi connectivity index (χ1n) is 9.66. The predicted octanol–water partition coefficient (Wildman–Crippen LogP) is 3.99. The highest BCUT2D eigenvalue weighted by molar-refractivity contribution is 6.09. The lowest BCUT2D eigenvalue weighted by molar-refractivity contribution is 0.0997. The lowest BCUT2D eigenvalue weighted by Crippen LogP contribution is -2.19. The number of nitrogens with one attached hydrogen (secondary N) is 3. The van der Waals surface area contributed by atoms with E-state index in [0.29, 0.717) is 39.6 Å². The largest absolute Gasteiger partial charge is 0.497 e. The summed E-state index contributed by atoms with van der Waals surface area (Å²) in [5, 5.41) is 6.35. The van der Waals surface area contributed by atoms with Crippen molar-refractivity contribution in [1.82, 2.24) is 9.97 Å². The Bertz CT molecular complexity index is 1300. The van der Waals surface area contributed by atoms with E-state index in [2.05, 4.69) is 20.6 Å². The SMILES string of the molecule is COc1ccc(OC)c(NC(=O)Nc2ccc(-c3c(C(N)=O)[nH]c4cnccc34)cc2)c1. The molecule has 2 aromatic carbocycles. The fourth-order valence-electron chi connectivity index (χ4n) is 3.45. The summed E-state index contributed by atoms with van der Waals surface area (Å²) in [6.07, 6.45) is 3.29. The van der Waals surface area contributed by atoms with Gasteiger partial charge in [-0.05, 0) is 35.9 Å². The van der Waals surface area contributed by atoms with E-state index in [9.17, 15) is 9.59 Å². The molecule has 0 fully saturated rings. The molecule has 162 valence electrons. The number of urea groups is 1. The van der Waals surface area contributed by atoms with Gasteiger partial charge in [0.25, 0.3) is 5.91 Å². The van der Waals surface area contributed by atoms with Gasteiger partial charge >= 0.3 is 6.03 Å². The molecule has 9 heteroatoms. The van der Waals surface area contributed by atoms with E-state index in [4.69, 9.17) is 15.2 Å². The number of hydrogen-bond donors (Lipinski definition) is 4. The molecular weight excluding hydrogens is 410 g/mol. The van der Waals surface area contributed by atoms with Crippen molar-refractivity contribution in [2.45, 2.75) is 0 Å². The highest BCUT2D eigenvalue weighted by Gasteiger charge is 2.17. The molecule has 0 unspecified atom stereocenters. The van der Waals surface area contributed by atoms with Crippen LogP contribution in [0.25, 0.3) is 22.0 Å². The molecule has 0 saturated carbocycles.